The van der Waals surface area contributed by atoms with E-state index in [4.69, 9.17) is 4.74 Å². The summed E-state index contributed by atoms with van der Waals surface area (Å²) >= 11 is 3.37. The number of nitro groups is 1. The molecule has 4 rings (SSSR count). The molecular weight excluding hydrogens is 580 g/mol. The number of hydrogen-bond donors (Lipinski definition) is 2. The highest BCUT2D eigenvalue weighted by Gasteiger charge is 2.13. The molecular formula is C29H21BrN4O6. The minimum Gasteiger partial charge on any atom is -0.422 e. The highest BCUT2D eigenvalue weighted by molar-refractivity contribution is 9.10. The normalized spacial score (nSPS) is 10.7. The van der Waals surface area contributed by atoms with Crippen molar-refractivity contribution in [1.82, 2.24) is 5.43 Å². The molecule has 40 heavy (non-hydrogen) atoms. The molecule has 0 aliphatic rings. The molecule has 2 amide bonds. The number of carbonyl (C=O) groups is 3. The van der Waals surface area contributed by atoms with Gasteiger partial charge in [-0.3, -0.25) is 19.7 Å². The molecule has 4 aromatic rings. The van der Waals surface area contributed by atoms with Crippen LogP contribution in [0.4, 0.5) is 11.4 Å². The van der Waals surface area contributed by atoms with Crippen molar-refractivity contribution in [1.29, 1.82) is 0 Å². The molecule has 0 radical (unpaired) electrons. The number of amides is 2. The van der Waals surface area contributed by atoms with E-state index in [0.717, 1.165) is 10.0 Å². The van der Waals surface area contributed by atoms with Gasteiger partial charge in [0.2, 0.25) is 0 Å². The minimum absolute atomic E-state index is 0.117. The number of halogens is 1. The average Bonchev–Trinajstić information content (AvgIpc) is 2.95. The number of hydrazone groups is 1. The summed E-state index contributed by atoms with van der Waals surface area (Å²) in [6, 6.07) is 23.3. The lowest BCUT2D eigenvalue weighted by atomic mass is 10.1. The molecule has 0 saturated carbocycles. The van der Waals surface area contributed by atoms with Gasteiger partial charge in [-0.05, 0) is 73.7 Å². The lowest BCUT2D eigenvalue weighted by molar-refractivity contribution is -0.384. The summed E-state index contributed by atoms with van der Waals surface area (Å²) in [5.74, 6) is -1.22. The van der Waals surface area contributed by atoms with Crippen molar-refractivity contribution in [3.8, 4) is 5.75 Å². The van der Waals surface area contributed by atoms with Crippen molar-refractivity contribution in [2.24, 2.45) is 5.10 Å². The number of aryl methyl sites for hydroxylation is 1. The van der Waals surface area contributed by atoms with E-state index in [9.17, 15) is 24.5 Å². The third-order valence-electron chi connectivity index (χ3n) is 5.58. The van der Waals surface area contributed by atoms with Gasteiger partial charge in [-0.15, -0.1) is 0 Å². The Morgan fingerprint density at radius 1 is 0.850 bits per heavy atom. The lowest BCUT2D eigenvalue weighted by Gasteiger charge is -2.08. The number of nitro benzene ring substituents is 1. The molecule has 2 N–H and O–H groups in total. The van der Waals surface area contributed by atoms with Crippen LogP contribution in [0, 0.1) is 17.0 Å². The van der Waals surface area contributed by atoms with Crippen LogP contribution in [-0.4, -0.2) is 28.9 Å². The van der Waals surface area contributed by atoms with Gasteiger partial charge in [0.05, 0.1) is 16.7 Å². The Morgan fingerprint density at radius 3 is 2.10 bits per heavy atom. The van der Waals surface area contributed by atoms with E-state index in [0.29, 0.717) is 16.8 Å². The summed E-state index contributed by atoms with van der Waals surface area (Å²) in [5, 5.41) is 17.4. The predicted molar refractivity (Wildman–Crippen MR) is 153 cm³/mol. The first-order chi connectivity index (χ1) is 19.2. The highest BCUT2D eigenvalue weighted by Crippen LogP contribution is 2.23. The number of non-ortho nitro benzene ring substituents is 1. The molecule has 0 heterocycles. The zero-order valence-corrected chi connectivity index (χ0v) is 22.5. The quantitative estimate of drug-likeness (QED) is 0.0848. The SMILES string of the molecule is Cc1ccc(C(=O)Oc2ccc(Br)cc2/C=N\NC(=O)c2ccc(NC(=O)c3ccc([N+](=O)[O-])cc3)cc2)cc1. The molecule has 0 atom stereocenters. The predicted octanol–water partition coefficient (Wildman–Crippen LogP) is 5.90. The number of ether oxygens (including phenoxy) is 1. The number of hydrogen-bond acceptors (Lipinski definition) is 7. The zero-order chi connectivity index (χ0) is 28.6. The Labute approximate surface area is 237 Å². The lowest BCUT2D eigenvalue weighted by Crippen LogP contribution is -2.18. The average molecular weight is 601 g/mol. The number of carbonyl (C=O) groups excluding carboxylic acids is 3. The molecule has 0 aliphatic carbocycles. The van der Waals surface area contributed by atoms with Gasteiger partial charge in [0.15, 0.2) is 0 Å². The summed E-state index contributed by atoms with van der Waals surface area (Å²) in [6.07, 6.45) is 1.36. The fraction of sp³-hybridized carbons (Fsp3) is 0.0345. The van der Waals surface area contributed by atoms with Crippen LogP contribution in [0.25, 0.3) is 0 Å². The molecule has 0 saturated heterocycles. The first kappa shape index (κ1) is 27.9. The van der Waals surface area contributed by atoms with Gasteiger partial charge in [0.25, 0.3) is 17.5 Å². The van der Waals surface area contributed by atoms with E-state index < -0.39 is 22.7 Å². The second-order valence-electron chi connectivity index (χ2n) is 8.47. The third-order valence-corrected chi connectivity index (χ3v) is 6.07. The monoisotopic (exact) mass is 600 g/mol. The number of esters is 1. The fourth-order valence-electron chi connectivity index (χ4n) is 3.43. The molecule has 0 fully saturated rings. The van der Waals surface area contributed by atoms with Crippen LogP contribution in [0.3, 0.4) is 0 Å². The number of rotatable bonds is 8. The van der Waals surface area contributed by atoms with Crippen LogP contribution in [0.15, 0.2) is 101 Å². The first-order valence-electron chi connectivity index (χ1n) is 11.8. The molecule has 11 heteroatoms. The van der Waals surface area contributed by atoms with Gasteiger partial charge in [-0.1, -0.05) is 33.6 Å². The van der Waals surface area contributed by atoms with E-state index in [1.54, 1.807) is 42.5 Å². The molecule has 0 aliphatic heterocycles. The standard InChI is InChI=1S/C29H21BrN4O6/c1-18-2-4-21(5-3-18)29(37)40-26-15-10-23(30)16-22(26)17-31-33-28(36)20-6-11-24(12-7-20)32-27(35)19-8-13-25(14-9-19)34(38)39/h2-17H,1H3,(H,32,35)(H,33,36)/b31-17-. The molecule has 4 aromatic carbocycles. The van der Waals surface area contributed by atoms with Crippen molar-refractivity contribution in [2.75, 3.05) is 5.32 Å². The maximum Gasteiger partial charge on any atom is 0.343 e. The van der Waals surface area contributed by atoms with E-state index in [-0.39, 0.29) is 22.6 Å². The topological polar surface area (TPSA) is 140 Å². The van der Waals surface area contributed by atoms with Crippen LogP contribution in [0.2, 0.25) is 0 Å². The van der Waals surface area contributed by atoms with Crippen molar-refractivity contribution >= 4 is 51.3 Å². The van der Waals surface area contributed by atoms with Gasteiger partial charge in [0, 0.05) is 39.0 Å². The maximum absolute atomic E-state index is 12.6. The maximum atomic E-state index is 12.6. The molecule has 0 bridgehead atoms. The Morgan fingerprint density at radius 2 is 1.45 bits per heavy atom. The highest BCUT2D eigenvalue weighted by atomic mass is 79.9. The van der Waals surface area contributed by atoms with Gasteiger partial charge in [-0.25, -0.2) is 10.2 Å². The molecule has 200 valence electrons. The second kappa shape index (κ2) is 12.6. The minimum atomic E-state index is -0.547. The summed E-state index contributed by atoms with van der Waals surface area (Å²) in [4.78, 5) is 47.7. The third kappa shape index (κ3) is 7.23. The van der Waals surface area contributed by atoms with Crippen LogP contribution in [0.5, 0.6) is 5.75 Å². The van der Waals surface area contributed by atoms with Gasteiger partial charge in [-0.2, -0.15) is 5.10 Å². The van der Waals surface area contributed by atoms with Gasteiger partial charge in [0.1, 0.15) is 5.75 Å². The van der Waals surface area contributed by atoms with Crippen LogP contribution in [-0.2, 0) is 0 Å². The fourth-order valence-corrected chi connectivity index (χ4v) is 3.81. The molecule has 10 nitrogen and oxygen atoms in total. The van der Waals surface area contributed by atoms with E-state index in [2.05, 4.69) is 31.8 Å². The summed E-state index contributed by atoms with van der Waals surface area (Å²) in [5.41, 5.74) is 5.14. The Bertz CT molecular complexity index is 1600. The Kier molecular flexibility index (Phi) is 8.77. The number of nitrogens with zero attached hydrogens (tertiary/aromatic N) is 2. The van der Waals surface area contributed by atoms with Crippen molar-refractivity contribution in [3.05, 3.63) is 133 Å². The smallest absolute Gasteiger partial charge is 0.343 e. The van der Waals surface area contributed by atoms with Crippen LogP contribution < -0.4 is 15.5 Å². The van der Waals surface area contributed by atoms with E-state index in [1.807, 2.05) is 19.1 Å². The van der Waals surface area contributed by atoms with Crippen molar-refractivity contribution < 1.29 is 24.0 Å². The summed E-state index contributed by atoms with van der Waals surface area (Å²) in [6.45, 7) is 1.92. The zero-order valence-electron chi connectivity index (χ0n) is 21.0. The Balaban J connectivity index is 1.37. The van der Waals surface area contributed by atoms with Gasteiger partial charge < -0.3 is 10.1 Å². The van der Waals surface area contributed by atoms with E-state index >= 15 is 0 Å². The van der Waals surface area contributed by atoms with E-state index in [1.165, 1.54) is 42.6 Å². The molecule has 0 unspecified atom stereocenters. The second-order valence-corrected chi connectivity index (χ2v) is 9.39. The number of benzene rings is 4. The summed E-state index contributed by atoms with van der Waals surface area (Å²) < 4.78 is 6.26. The first-order valence-corrected chi connectivity index (χ1v) is 12.6. The van der Waals surface area contributed by atoms with Crippen molar-refractivity contribution in [2.45, 2.75) is 6.92 Å². The van der Waals surface area contributed by atoms with Crippen molar-refractivity contribution in [3.63, 3.8) is 0 Å². The van der Waals surface area contributed by atoms with Crippen LogP contribution in [0.1, 0.15) is 42.2 Å². The molecule has 0 aromatic heterocycles. The Hall–Kier alpha value is -5.16. The number of nitrogens with one attached hydrogen (secondary N) is 2. The number of anilines is 1. The van der Waals surface area contributed by atoms with Gasteiger partial charge >= 0.3 is 5.97 Å². The summed E-state index contributed by atoms with van der Waals surface area (Å²) in [7, 11) is 0. The van der Waals surface area contributed by atoms with Crippen LogP contribution >= 0.6 is 15.9 Å². The molecule has 0 spiro atoms. The largest absolute Gasteiger partial charge is 0.422 e.